The first kappa shape index (κ1) is 25.0. The average molecular weight is 444 g/mol. The molecule has 10 heteroatoms. The van der Waals surface area contributed by atoms with Crippen LogP contribution in [0.3, 0.4) is 0 Å². The summed E-state index contributed by atoms with van der Waals surface area (Å²) in [6.07, 6.45) is -5.76. The third kappa shape index (κ3) is 8.04. The number of esters is 1. The quantitative estimate of drug-likeness (QED) is 0.554. The third-order valence-electron chi connectivity index (χ3n) is 4.62. The molecule has 1 heterocycles. The zero-order chi connectivity index (χ0) is 23.2. The summed E-state index contributed by atoms with van der Waals surface area (Å²) in [6, 6.07) is 7.89. The van der Waals surface area contributed by atoms with Crippen LogP contribution in [0.1, 0.15) is 45.6 Å². The molecule has 174 valence electrons. The van der Waals surface area contributed by atoms with Gasteiger partial charge in [-0.3, -0.25) is 4.79 Å². The number of alkyl halides is 2. The van der Waals surface area contributed by atoms with E-state index in [2.05, 4.69) is 5.32 Å². The Morgan fingerprint density at radius 2 is 1.90 bits per heavy atom. The lowest BCUT2D eigenvalue weighted by molar-refractivity contribution is -0.246. The molecule has 3 N–H and O–H groups in total. The predicted octanol–water partition coefficient (Wildman–Crippen LogP) is 2.38. The Morgan fingerprint density at radius 1 is 1.26 bits per heavy atom. The van der Waals surface area contributed by atoms with E-state index in [1.54, 1.807) is 45.0 Å². The van der Waals surface area contributed by atoms with Gasteiger partial charge in [-0.1, -0.05) is 30.3 Å². The minimum absolute atomic E-state index is 0.00582. The van der Waals surface area contributed by atoms with Gasteiger partial charge in [0.05, 0.1) is 12.5 Å². The molecule has 1 aromatic carbocycles. The minimum Gasteiger partial charge on any atom is -0.461 e. The number of carbonyl (C=O) groups is 2. The SMILES string of the molecule is CC(C)(C)OC(=O)N[C@@H](CC(=O)OCc1ccccc1)CN1[C@@H](O)C(F)(F)CC[C@@H]1O. The molecule has 0 spiro atoms. The molecule has 31 heavy (non-hydrogen) atoms. The number of piperidine rings is 1. The smallest absolute Gasteiger partial charge is 0.407 e. The summed E-state index contributed by atoms with van der Waals surface area (Å²) in [5.74, 6) is -4.11. The predicted molar refractivity (Wildman–Crippen MR) is 107 cm³/mol. The van der Waals surface area contributed by atoms with Gasteiger partial charge in [0.1, 0.15) is 18.4 Å². The van der Waals surface area contributed by atoms with Gasteiger partial charge in [0.25, 0.3) is 5.92 Å². The van der Waals surface area contributed by atoms with Gasteiger partial charge in [-0.05, 0) is 32.8 Å². The molecule has 1 fully saturated rings. The normalized spacial score (nSPS) is 22.4. The number of benzene rings is 1. The van der Waals surface area contributed by atoms with Crippen LogP contribution < -0.4 is 5.32 Å². The largest absolute Gasteiger partial charge is 0.461 e. The maximum atomic E-state index is 13.9. The van der Waals surface area contributed by atoms with Gasteiger partial charge in [0.2, 0.25) is 0 Å². The lowest BCUT2D eigenvalue weighted by Crippen LogP contribution is -2.60. The van der Waals surface area contributed by atoms with Crippen LogP contribution in [0.2, 0.25) is 0 Å². The first-order valence-corrected chi connectivity index (χ1v) is 10.1. The highest BCUT2D eigenvalue weighted by Gasteiger charge is 2.49. The minimum atomic E-state index is -3.43. The molecule has 0 aromatic heterocycles. The van der Waals surface area contributed by atoms with Gasteiger partial charge in [-0.25, -0.2) is 18.5 Å². The lowest BCUT2D eigenvalue weighted by Gasteiger charge is -2.42. The maximum Gasteiger partial charge on any atom is 0.407 e. The fourth-order valence-electron chi connectivity index (χ4n) is 3.13. The van der Waals surface area contributed by atoms with Gasteiger partial charge < -0.3 is 25.0 Å². The van der Waals surface area contributed by atoms with E-state index in [-0.39, 0.29) is 19.4 Å². The van der Waals surface area contributed by atoms with Crippen LogP contribution in [-0.2, 0) is 20.9 Å². The summed E-state index contributed by atoms with van der Waals surface area (Å²) in [6.45, 7) is 4.54. The number of alkyl carbamates (subject to hydrolysis) is 1. The number of hydrogen-bond donors (Lipinski definition) is 3. The summed E-state index contributed by atoms with van der Waals surface area (Å²) < 4.78 is 38.2. The number of halogens is 2. The molecule has 1 aliphatic rings. The van der Waals surface area contributed by atoms with Crippen molar-refractivity contribution in [2.45, 2.75) is 76.7 Å². The van der Waals surface area contributed by atoms with Crippen molar-refractivity contribution >= 4 is 12.1 Å². The highest BCUT2D eigenvalue weighted by molar-refractivity contribution is 5.73. The van der Waals surface area contributed by atoms with Crippen molar-refractivity contribution in [3.63, 3.8) is 0 Å². The van der Waals surface area contributed by atoms with E-state index < -0.39 is 55.0 Å². The van der Waals surface area contributed by atoms with Crippen LogP contribution in [0.5, 0.6) is 0 Å². The van der Waals surface area contributed by atoms with Crippen molar-refractivity contribution in [2.75, 3.05) is 6.54 Å². The summed E-state index contributed by atoms with van der Waals surface area (Å²) in [5.41, 5.74) is -0.0615. The van der Waals surface area contributed by atoms with Crippen molar-refractivity contribution in [3.05, 3.63) is 35.9 Å². The second-order valence-corrected chi connectivity index (χ2v) is 8.54. The molecule has 0 radical (unpaired) electrons. The fourth-order valence-corrected chi connectivity index (χ4v) is 3.13. The number of carbonyl (C=O) groups excluding carboxylic acids is 2. The second-order valence-electron chi connectivity index (χ2n) is 8.54. The monoisotopic (exact) mass is 444 g/mol. The van der Waals surface area contributed by atoms with E-state index in [1.165, 1.54) is 0 Å². The molecule has 2 rings (SSSR count). The van der Waals surface area contributed by atoms with Crippen molar-refractivity contribution in [1.29, 1.82) is 0 Å². The molecule has 3 atom stereocenters. The number of aliphatic hydroxyl groups is 2. The fraction of sp³-hybridized carbons (Fsp3) is 0.619. The number of amides is 1. The van der Waals surface area contributed by atoms with Gasteiger partial charge in [-0.2, -0.15) is 0 Å². The Morgan fingerprint density at radius 3 is 2.52 bits per heavy atom. The van der Waals surface area contributed by atoms with Crippen LogP contribution in [0.25, 0.3) is 0 Å². The van der Waals surface area contributed by atoms with Gasteiger partial charge in [0, 0.05) is 13.0 Å². The van der Waals surface area contributed by atoms with Crippen molar-refractivity contribution in [2.24, 2.45) is 0 Å². The average Bonchev–Trinajstić information content (AvgIpc) is 2.66. The van der Waals surface area contributed by atoms with E-state index in [0.29, 0.717) is 0 Å². The van der Waals surface area contributed by atoms with Crippen LogP contribution in [0.4, 0.5) is 13.6 Å². The van der Waals surface area contributed by atoms with E-state index in [0.717, 1.165) is 10.5 Å². The third-order valence-corrected chi connectivity index (χ3v) is 4.62. The molecule has 1 aliphatic heterocycles. The maximum absolute atomic E-state index is 13.9. The van der Waals surface area contributed by atoms with Gasteiger partial charge in [0.15, 0.2) is 6.23 Å². The molecular weight excluding hydrogens is 414 g/mol. The Balaban J connectivity index is 2.06. The van der Waals surface area contributed by atoms with Crippen molar-refractivity contribution in [1.82, 2.24) is 10.2 Å². The van der Waals surface area contributed by atoms with Crippen molar-refractivity contribution < 1.29 is 38.1 Å². The zero-order valence-electron chi connectivity index (χ0n) is 17.9. The lowest BCUT2D eigenvalue weighted by atomic mass is 10.0. The molecule has 0 unspecified atom stereocenters. The molecule has 1 aromatic rings. The van der Waals surface area contributed by atoms with E-state index in [9.17, 15) is 28.6 Å². The van der Waals surface area contributed by atoms with Crippen LogP contribution in [0.15, 0.2) is 30.3 Å². The molecule has 1 saturated heterocycles. The molecule has 0 saturated carbocycles. The van der Waals surface area contributed by atoms with Crippen LogP contribution in [-0.4, -0.2) is 63.7 Å². The highest BCUT2D eigenvalue weighted by atomic mass is 19.3. The summed E-state index contributed by atoms with van der Waals surface area (Å²) >= 11 is 0. The first-order valence-electron chi connectivity index (χ1n) is 10.1. The summed E-state index contributed by atoms with van der Waals surface area (Å²) in [4.78, 5) is 25.3. The van der Waals surface area contributed by atoms with E-state index in [1.807, 2.05) is 6.07 Å². The van der Waals surface area contributed by atoms with Crippen LogP contribution in [0, 0.1) is 0 Å². The first-order chi connectivity index (χ1) is 14.4. The van der Waals surface area contributed by atoms with E-state index in [4.69, 9.17) is 9.47 Å². The number of nitrogens with zero attached hydrogens (tertiary/aromatic N) is 1. The Bertz CT molecular complexity index is 741. The number of nitrogens with one attached hydrogen (secondary N) is 1. The number of hydrogen-bond acceptors (Lipinski definition) is 7. The number of likely N-dealkylation sites (tertiary alicyclic amines) is 1. The van der Waals surface area contributed by atoms with Gasteiger partial charge >= 0.3 is 12.1 Å². The molecule has 0 bridgehead atoms. The number of rotatable bonds is 7. The van der Waals surface area contributed by atoms with Crippen LogP contribution >= 0.6 is 0 Å². The summed E-state index contributed by atoms with van der Waals surface area (Å²) in [5, 5.41) is 22.5. The standard InChI is InChI=1S/C21H30F2N2O6/c1-20(2,3)31-19(29)24-15(11-17(27)30-13-14-7-5-4-6-8-14)12-25-16(26)9-10-21(22,23)18(25)28/h4-8,15-16,18,26,28H,9-13H2,1-3H3,(H,24,29)/t15-,16-,18-/m0/s1. The Kier molecular flexibility index (Phi) is 8.33. The Hall–Kier alpha value is -2.30. The zero-order valence-corrected chi connectivity index (χ0v) is 17.9. The molecule has 0 aliphatic carbocycles. The van der Waals surface area contributed by atoms with Crippen molar-refractivity contribution in [3.8, 4) is 0 Å². The highest BCUT2D eigenvalue weighted by Crippen LogP contribution is 2.34. The van der Waals surface area contributed by atoms with Gasteiger partial charge in [-0.15, -0.1) is 0 Å². The molecular formula is C21H30F2N2O6. The second kappa shape index (κ2) is 10.3. The van der Waals surface area contributed by atoms with E-state index >= 15 is 0 Å². The summed E-state index contributed by atoms with van der Waals surface area (Å²) in [7, 11) is 0. The number of aliphatic hydroxyl groups excluding tert-OH is 2. The molecule has 1 amide bonds. The number of ether oxygens (including phenoxy) is 2. The molecule has 8 nitrogen and oxygen atoms in total. The Labute approximate surface area is 180 Å². The topological polar surface area (TPSA) is 108 Å².